The predicted octanol–water partition coefficient (Wildman–Crippen LogP) is 4.25. The Morgan fingerprint density at radius 1 is 1.00 bits per heavy atom. The van der Waals surface area contributed by atoms with E-state index in [1.54, 1.807) is 0 Å². The molecular formula is C11H23Sn+. The molecule has 0 aromatic rings. The molecule has 12 heavy (non-hydrogen) atoms. The molecule has 1 heteroatoms. The second-order valence-electron chi connectivity index (χ2n) is 5.20. The normalized spacial score (nSPS) is 27.1. The van der Waals surface area contributed by atoms with Crippen LogP contribution in [0.2, 0.25) is 18.8 Å². The molecule has 1 rings (SSSR count). The van der Waals surface area contributed by atoms with Crippen molar-refractivity contribution < 1.29 is 0 Å². The van der Waals surface area contributed by atoms with Gasteiger partial charge in [0.05, 0.1) is 0 Å². The van der Waals surface area contributed by atoms with Crippen molar-refractivity contribution in [1.29, 1.82) is 0 Å². The molecule has 0 amide bonds. The van der Waals surface area contributed by atoms with E-state index in [0.717, 1.165) is 3.93 Å². The summed E-state index contributed by atoms with van der Waals surface area (Å²) in [6.07, 6.45) is 11.5. The minimum atomic E-state index is -1.56. The topological polar surface area (TPSA) is 0 Å². The van der Waals surface area contributed by atoms with Crippen LogP contribution < -0.4 is 0 Å². The van der Waals surface area contributed by atoms with Gasteiger partial charge in [0.1, 0.15) is 0 Å². The van der Waals surface area contributed by atoms with Crippen molar-refractivity contribution in [2.45, 2.75) is 57.3 Å². The molecule has 1 aliphatic carbocycles. The number of hydrogen-bond donors (Lipinski definition) is 0. The summed E-state index contributed by atoms with van der Waals surface area (Å²) in [5, 5.41) is 0. The standard InChI is InChI=1S/C8H14.3CH3.Sn/c1-2-4-6-8-7-5-3-1;;;;/h1-2H,3-8H2;3*1H3;/q+1;;;;. The van der Waals surface area contributed by atoms with Crippen molar-refractivity contribution in [3.8, 4) is 0 Å². The van der Waals surface area contributed by atoms with Crippen molar-refractivity contribution >= 4 is 18.4 Å². The van der Waals surface area contributed by atoms with Crippen LogP contribution in [0, 0.1) is 6.42 Å². The van der Waals surface area contributed by atoms with E-state index < -0.39 is 18.4 Å². The van der Waals surface area contributed by atoms with Crippen molar-refractivity contribution in [1.82, 2.24) is 0 Å². The maximum atomic E-state index is 2.66. The summed E-state index contributed by atoms with van der Waals surface area (Å²) in [7, 11) is 0. The summed E-state index contributed by atoms with van der Waals surface area (Å²) < 4.78 is 1.07. The van der Waals surface area contributed by atoms with Gasteiger partial charge in [-0.05, 0) is 0 Å². The maximum absolute atomic E-state index is 2.66. The van der Waals surface area contributed by atoms with E-state index in [2.05, 4.69) is 21.2 Å². The molecule has 70 valence electrons. The zero-order chi connectivity index (χ0) is 9.03. The van der Waals surface area contributed by atoms with Crippen molar-refractivity contribution in [3.05, 3.63) is 6.42 Å². The molecule has 0 N–H and O–H groups in total. The molecule has 0 spiro atoms. The molecule has 1 fully saturated rings. The van der Waals surface area contributed by atoms with Crippen molar-refractivity contribution in [3.63, 3.8) is 0 Å². The van der Waals surface area contributed by atoms with Gasteiger partial charge in [0.25, 0.3) is 0 Å². The summed E-state index contributed by atoms with van der Waals surface area (Å²) in [5.41, 5.74) is 0. The molecule has 0 radical (unpaired) electrons. The molecule has 0 nitrogen and oxygen atoms in total. The molecular weight excluding hydrogens is 251 g/mol. The third kappa shape index (κ3) is 3.59. The Balaban J connectivity index is 2.40. The second-order valence-corrected chi connectivity index (χ2v) is 20.8. The Labute approximate surface area is 82.0 Å². The Morgan fingerprint density at radius 2 is 1.67 bits per heavy atom. The summed E-state index contributed by atoms with van der Waals surface area (Å²) in [6, 6.07) is 0. The van der Waals surface area contributed by atoms with Gasteiger partial charge in [-0.15, -0.1) is 0 Å². The summed E-state index contributed by atoms with van der Waals surface area (Å²) in [4.78, 5) is 7.74. The van der Waals surface area contributed by atoms with E-state index in [-0.39, 0.29) is 0 Å². The summed E-state index contributed by atoms with van der Waals surface area (Å²) >= 11 is -1.56. The van der Waals surface area contributed by atoms with Crippen LogP contribution in [-0.2, 0) is 0 Å². The number of hydrogen-bond acceptors (Lipinski definition) is 0. The molecule has 0 bridgehead atoms. The van der Waals surface area contributed by atoms with Gasteiger partial charge < -0.3 is 0 Å². The van der Waals surface area contributed by atoms with Gasteiger partial charge in [0.15, 0.2) is 0 Å². The average molecular weight is 274 g/mol. The first kappa shape index (κ1) is 10.7. The first-order valence-electron chi connectivity index (χ1n) is 5.44. The Morgan fingerprint density at radius 3 is 2.33 bits per heavy atom. The van der Waals surface area contributed by atoms with Crippen LogP contribution in [0.25, 0.3) is 0 Å². The summed E-state index contributed by atoms with van der Waals surface area (Å²) in [5.74, 6) is 0. The number of rotatable bonds is 1. The molecule has 0 heterocycles. The monoisotopic (exact) mass is 275 g/mol. The second kappa shape index (κ2) is 4.78. The molecule has 1 saturated carbocycles. The Hall–Kier alpha value is 0.669. The fourth-order valence-electron chi connectivity index (χ4n) is 2.09. The van der Waals surface area contributed by atoms with E-state index in [1.165, 1.54) is 38.5 Å². The van der Waals surface area contributed by atoms with Gasteiger partial charge in [0, 0.05) is 0 Å². The molecule has 1 unspecified atom stereocenters. The van der Waals surface area contributed by atoms with E-state index in [1.807, 2.05) is 0 Å². The molecule has 1 atom stereocenters. The van der Waals surface area contributed by atoms with Crippen LogP contribution in [-0.4, -0.2) is 18.4 Å². The minimum absolute atomic E-state index is 1.07. The van der Waals surface area contributed by atoms with Crippen LogP contribution in [0.5, 0.6) is 0 Å². The van der Waals surface area contributed by atoms with Crippen LogP contribution in [0.3, 0.4) is 0 Å². The third-order valence-electron chi connectivity index (χ3n) is 3.03. The van der Waals surface area contributed by atoms with Gasteiger partial charge in [-0.3, -0.25) is 0 Å². The van der Waals surface area contributed by atoms with Gasteiger partial charge in [-0.1, -0.05) is 0 Å². The average Bonchev–Trinajstić information content (AvgIpc) is 1.81. The zero-order valence-corrected chi connectivity index (χ0v) is 11.8. The molecule has 0 saturated heterocycles. The van der Waals surface area contributed by atoms with Gasteiger partial charge in [-0.2, -0.15) is 0 Å². The summed E-state index contributed by atoms with van der Waals surface area (Å²) in [6.45, 7) is 0. The van der Waals surface area contributed by atoms with Crippen LogP contribution in [0.1, 0.15) is 38.5 Å². The molecule has 1 aliphatic rings. The SMILES string of the molecule is [CH3][Sn]([CH3])([CH3])[CH]1[CH+]CCCCCC1. The van der Waals surface area contributed by atoms with Crippen LogP contribution in [0.4, 0.5) is 0 Å². The van der Waals surface area contributed by atoms with E-state index >= 15 is 0 Å². The molecule has 0 aliphatic heterocycles. The molecule has 0 aromatic carbocycles. The van der Waals surface area contributed by atoms with E-state index in [4.69, 9.17) is 0 Å². The van der Waals surface area contributed by atoms with Gasteiger partial charge in [0.2, 0.25) is 0 Å². The predicted molar refractivity (Wildman–Crippen MR) is 59.1 cm³/mol. The third-order valence-corrected chi connectivity index (χ3v) is 10.9. The van der Waals surface area contributed by atoms with Gasteiger partial charge >= 0.3 is 82.1 Å². The quantitative estimate of drug-likeness (QED) is 0.495. The van der Waals surface area contributed by atoms with E-state index in [9.17, 15) is 0 Å². The molecule has 0 aromatic heterocycles. The first-order chi connectivity index (χ1) is 5.61. The fraction of sp³-hybridized carbons (Fsp3) is 0.909. The fourth-order valence-corrected chi connectivity index (χ4v) is 7.63. The van der Waals surface area contributed by atoms with Crippen LogP contribution in [0.15, 0.2) is 0 Å². The zero-order valence-electron chi connectivity index (χ0n) is 8.90. The van der Waals surface area contributed by atoms with Crippen molar-refractivity contribution in [2.75, 3.05) is 0 Å². The Bertz CT molecular complexity index is 115. The van der Waals surface area contributed by atoms with Gasteiger partial charge in [-0.25, -0.2) is 0 Å². The van der Waals surface area contributed by atoms with Crippen LogP contribution >= 0.6 is 0 Å². The van der Waals surface area contributed by atoms with E-state index in [0.29, 0.717) is 0 Å². The first-order valence-corrected chi connectivity index (χ1v) is 15.6. The Kier molecular flexibility index (Phi) is 4.28. The van der Waals surface area contributed by atoms with Crippen molar-refractivity contribution in [2.24, 2.45) is 0 Å².